The molecule has 142 valence electrons. The number of ketones is 1. The van der Waals surface area contributed by atoms with Crippen molar-refractivity contribution in [2.24, 2.45) is 5.92 Å². The van der Waals surface area contributed by atoms with E-state index in [0.29, 0.717) is 16.5 Å². The third-order valence-corrected chi connectivity index (χ3v) is 4.85. The van der Waals surface area contributed by atoms with Gasteiger partial charge in [-0.05, 0) is 30.2 Å². The van der Waals surface area contributed by atoms with Gasteiger partial charge in [0.2, 0.25) is 5.91 Å². The van der Waals surface area contributed by atoms with E-state index in [1.54, 1.807) is 12.1 Å². The van der Waals surface area contributed by atoms with Gasteiger partial charge in [0.05, 0.1) is 0 Å². The first kappa shape index (κ1) is 19.5. The molecule has 1 aliphatic rings. The molecule has 0 bridgehead atoms. The monoisotopic (exact) mass is 442 g/mol. The topological polar surface area (TPSA) is 70.5 Å². The summed E-state index contributed by atoms with van der Waals surface area (Å²) in [5, 5.41) is 10.2. The molecule has 1 aromatic heterocycles. The number of hydrogen-bond acceptors (Lipinski definition) is 4. The number of nitrogens with zero attached hydrogens (tertiary/aromatic N) is 2. The van der Waals surface area contributed by atoms with Gasteiger partial charge >= 0.3 is 6.18 Å². The van der Waals surface area contributed by atoms with Gasteiger partial charge in [0.25, 0.3) is 0 Å². The maximum atomic E-state index is 13.6. The minimum absolute atomic E-state index is 0.0109. The van der Waals surface area contributed by atoms with Crippen molar-refractivity contribution in [3.8, 4) is 0 Å². The van der Waals surface area contributed by atoms with E-state index < -0.39 is 29.9 Å². The summed E-state index contributed by atoms with van der Waals surface area (Å²) in [5.41, 5.74) is 0.521. The zero-order valence-corrected chi connectivity index (χ0v) is 15.4. The first-order chi connectivity index (χ1) is 12.7. The summed E-state index contributed by atoms with van der Waals surface area (Å²) < 4.78 is 41.4. The summed E-state index contributed by atoms with van der Waals surface area (Å²) in [6, 6.07) is 8.78. The molecule has 1 amide bonds. The van der Waals surface area contributed by atoms with E-state index in [1.807, 2.05) is 0 Å². The molecule has 0 aliphatic carbocycles. The zero-order chi connectivity index (χ0) is 19.8. The quantitative estimate of drug-likeness (QED) is 0.738. The Hall–Kier alpha value is -2.26. The molecule has 2 heterocycles. The van der Waals surface area contributed by atoms with Crippen LogP contribution in [0.4, 0.5) is 19.0 Å². The molecule has 9 heteroatoms. The number of hydrogen-bond donors (Lipinski definition) is 1. The average Bonchev–Trinajstić information content (AvgIpc) is 3.04. The van der Waals surface area contributed by atoms with E-state index in [1.165, 1.54) is 30.5 Å². The molecule has 5 nitrogen and oxygen atoms in total. The number of anilines is 1. The number of aromatic nitrogens is 1. The van der Waals surface area contributed by atoms with E-state index in [2.05, 4.69) is 20.9 Å². The standard InChI is InChI=1S/C18H14BrF3N2O3/c19-12-5-3-10(4-6-12)14(25)15(26)13(18(20,21)22)17(27)24-9-7-11-2-1-8-23-16(11)24/h1-6,8,13,15,26H,7,9H2/t13-,15+/m0/s1. The fourth-order valence-corrected chi connectivity index (χ4v) is 3.24. The van der Waals surface area contributed by atoms with E-state index >= 15 is 0 Å². The number of carbonyl (C=O) groups is 2. The van der Waals surface area contributed by atoms with Crippen LogP contribution in [0.25, 0.3) is 0 Å². The molecule has 3 rings (SSSR count). The van der Waals surface area contributed by atoms with Crippen LogP contribution < -0.4 is 4.90 Å². The summed E-state index contributed by atoms with van der Waals surface area (Å²) in [5.74, 6) is -5.31. The van der Waals surface area contributed by atoms with Crippen LogP contribution >= 0.6 is 15.9 Å². The SMILES string of the molecule is O=C(c1ccc(Br)cc1)[C@H](O)[C@@H](C(=O)N1CCc2cccnc21)C(F)(F)F. The predicted octanol–water partition coefficient (Wildman–Crippen LogP) is 3.16. The second-order valence-corrected chi connectivity index (χ2v) is 6.98. The lowest BCUT2D eigenvalue weighted by Crippen LogP contribution is -2.50. The lowest BCUT2D eigenvalue weighted by atomic mass is 9.93. The number of amides is 1. The van der Waals surface area contributed by atoms with Crippen molar-refractivity contribution in [1.29, 1.82) is 0 Å². The Labute approximate surface area is 160 Å². The van der Waals surface area contributed by atoms with Crippen LogP contribution in [0, 0.1) is 5.92 Å². The molecule has 0 fully saturated rings. The van der Waals surface area contributed by atoms with Crippen molar-refractivity contribution in [3.63, 3.8) is 0 Å². The number of carbonyl (C=O) groups excluding carboxylic acids is 2. The fraction of sp³-hybridized carbons (Fsp3) is 0.278. The molecule has 0 unspecified atom stereocenters. The highest BCUT2D eigenvalue weighted by Gasteiger charge is 2.54. The number of halogens is 4. The fourth-order valence-electron chi connectivity index (χ4n) is 2.98. The van der Waals surface area contributed by atoms with Crippen molar-refractivity contribution < 1.29 is 27.9 Å². The summed E-state index contributed by atoms with van der Waals surface area (Å²) in [6.07, 6.45) is -5.92. The van der Waals surface area contributed by atoms with Gasteiger partial charge in [-0.3, -0.25) is 14.5 Å². The van der Waals surface area contributed by atoms with Crippen LogP contribution in [0.5, 0.6) is 0 Å². The van der Waals surface area contributed by atoms with Crippen molar-refractivity contribution in [1.82, 2.24) is 4.98 Å². The maximum Gasteiger partial charge on any atom is 0.403 e. The highest BCUT2D eigenvalue weighted by Crippen LogP contribution is 2.35. The Morgan fingerprint density at radius 1 is 1.19 bits per heavy atom. The number of rotatable bonds is 4. The smallest absolute Gasteiger partial charge is 0.384 e. The third kappa shape index (κ3) is 3.89. The third-order valence-electron chi connectivity index (χ3n) is 4.33. The first-order valence-corrected chi connectivity index (χ1v) is 8.79. The molecule has 27 heavy (non-hydrogen) atoms. The maximum absolute atomic E-state index is 13.6. The molecular weight excluding hydrogens is 429 g/mol. The Kier molecular flexibility index (Phi) is 5.34. The Morgan fingerprint density at radius 2 is 1.85 bits per heavy atom. The minimum Gasteiger partial charge on any atom is -0.384 e. The van der Waals surface area contributed by atoms with E-state index in [4.69, 9.17) is 0 Å². The van der Waals surface area contributed by atoms with Gasteiger partial charge in [0.1, 0.15) is 11.9 Å². The number of pyridine rings is 1. The Balaban J connectivity index is 1.91. The minimum atomic E-state index is -5.10. The summed E-state index contributed by atoms with van der Waals surface area (Å²) >= 11 is 3.15. The van der Waals surface area contributed by atoms with Gasteiger partial charge in [-0.1, -0.05) is 34.1 Å². The van der Waals surface area contributed by atoms with Crippen molar-refractivity contribution in [3.05, 3.63) is 58.2 Å². The van der Waals surface area contributed by atoms with Gasteiger partial charge in [0.15, 0.2) is 11.7 Å². The van der Waals surface area contributed by atoms with E-state index in [0.717, 1.165) is 4.90 Å². The largest absolute Gasteiger partial charge is 0.403 e. The van der Waals surface area contributed by atoms with Crippen LogP contribution in [-0.4, -0.2) is 40.6 Å². The van der Waals surface area contributed by atoms with Gasteiger partial charge in [-0.25, -0.2) is 4.98 Å². The normalized spacial score (nSPS) is 16.0. The molecule has 0 spiro atoms. The molecule has 0 saturated heterocycles. The van der Waals surface area contributed by atoms with Crippen LogP contribution in [0.3, 0.4) is 0 Å². The second kappa shape index (κ2) is 7.40. The number of benzene rings is 1. The molecule has 1 aromatic carbocycles. The van der Waals surface area contributed by atoms with Gasteiger partial charge < -0.3 is 5.11 Å². The van der Waals surface area contributed by atoms with Crippen LogP contribution in [0.15, 0.2) is 47.1 Å². The zero-order valence-electron chi connectivity index (χ0n) is 13.8. The van der Waals surface area contributed by atoms with Crippen LogP contribution in [0.1, 0.15) is 15.9 Å². The average molecular weight is 443 g/mol. The highest BCUT2D eigenvalue weighted by atomic mass is 79.9. The molecule has 0 radical (unpaired) electrons. The lowest BCUT2D eigenvalue weighted by Gasteiger charge is -2.27. The lowest BCUT2D eigenvalue weighted by molar-refractivity contribution is -0.195. The second-order valence-electron chi connectivity index (χ2n) is 6.06. The molecule has 1 N–H and O–H groups in total. The molecule has 2 atom stereocenters. The number of alkyl halides is 3. The molecule has 2 aromatic rings. The molecular formula is C18H14BrF3N2O3. The van der Waals surface area contributed by atoms with E-state index in [-0.39, 0.29) is 17.9 Å². The van der Waals surface area contributed by atoms with Gasteiger partial charge in [0, 0.05) is 22.8 Å². The number of aliphatic hydroxyl groups is 1. The highest BCUT2D eigenvalue weighted by molar-refractivity contribution is 9.10. The number of Topliss-reactive ketones (excluding diaryl/α,β-unsaturated/α-hetero) is 1. The summed E-state index contributed by atoms with van der Waals surface area (Å²) in [6.45, 7) is 0.0109. The Morgan fingerprint density at radius 3 is 2.48 bits per heavy atom. The van der Waals surface area contributed by atoms with Crippen LogP contribution in [0.2, 0.25) is 0 Å². The molecule has 0 saturated carbocycles. The van der Waals surface area contributed by atoms with Gasteiger partial charge in [-0.2, -0.15) is 13.2 Å². The predicted molar refractivity (Wildman–Crippen MR) is 94.3 cm³/mol. The van der Waals surface area contributed by atoms with Crippen LogP contribution in [-0.2, 0) is 11.2 Å². The van der Waals surface area contributed by atoms with Crippen molar-refractivity contribution >= 4 is 33.4 Å². The Bertz CT molecular complexity index is 871. The number of aliphatic hydroxyl groups excluding tert-OH is 1. The van der Waals surface area contributed by atoms with Gasteiger partial charge in [-0.15, -0.1) is 0 Å². The summed E-state index contributed by atoms with van der Waals surface area (Å²) in [4.78, 5) is 29.8. The first-order valence-electron chi connectivity index (χ1n) is 8.00. The van der Waals surface area contributed by atoms with E-state index in [9.17, 15) is 27.9 Å². The van der Waals surface area contributed by atoms with Crippen molar-refractivity contribution in [2.45, 2.75) is 18.7 Å². The summed E-state index contributed by atoms with van der Waals surface area (Å²) in [7, 11) is 0. The van der Waals surface area contributed by atoms with Crippen molar-refractivity contribution in [2.75, 3.05) is 11.4 Å². The number of fused-ring (bicyclic) bond motifs is 1. The molecule has 1 aliphatic heterocycles.